The van der Waals surface area contributed by atoms with E-state index in [1.54, 1.807) is 13.0 Å². The maximum absolute atomic E-state index is 17.1. The summed E-state index contributed by atoms with van der Waals surface area (Å²) in [5, 5.41) is 26.1. The van der Waals surface area contributed by atoms with Gasteiger partial charge < -0.3 is 15.5 Å². The first-order chi connectivity index (χ1) is 14.8. The fourth-order valence-corrected chi connectivity index (χ4v) is 7.64. The first-order valence-electron chi connectivity index (χ1n) is 12.1. The highest BCUT2D eigenvalue weighted by molar-refractivity contribution is 6.01. The number of halogens is 1. The number of aliphatic hydroxyl groups excluding tert-OH is 1. The number of fused-ring (bicyclic) bond motifs is 5. The van der Waals surface area contributed by atoms with Crippen molar-refractivity contribution in [2.75, 3.05) is 6.54 Å². The standard InChI is InChI=1S/C26H38FNO4/c1-15(2)9-11-28-22(31)26(32)16(3)12-20-19-7-6-17-13-18(29)8-10-23(17,4)25(19,27)21(30)14-24(20,26)5/h8,10,13,15-16,19-21,30,32H,6-7,9,11-12,14H2,1-5H3,(H,28,31)/t16-,19+,20+,21+,23+,24+,25+,26+/m1/s1. The highest BCUT2D eigenvalue weighted by Crippen LogP contribution is 2.70. The van der Waals surface area contributed by atoms with Crippen LogP contribution in [0.5, 0.6) is 0 Å². The number of carbonyl (C=O) groups excluding carboxylic acids is 2. The van der Waals surface area contributed by atoms with E-state index in [0.29, 0.717) is 31.7 Å². The molecule has 178 valence electrons. The molecule has 0 aromatic rings. The molecule has 0 unspecified atom stereocenters. The van der Waals surface area contributed by atoms with Gasteiger partial charge in [-0.1, -0.05) is 39.3 Å². The SMILES string of the molecule is CC(C)CCNC(=O)[C@@]1(O)[C@H](C)C[C@H]2[C@@H]3CCC4=CC(=O)C=C[C@]4(C)[C@@]3(F)[C@@H](O)C[C@@]21C. The fourth-order valence-electron chi connectivity index (χ4n) is 7.64. The Morgan fingerprint density at radius 1 is 1.31 bits per heavy atom. The lowest BCUT2D eigenvalue weighted by Gasteiger charge is -2.62. The molecular formula is C26H38FNO4. The number of ketones is 1. The second-order valence-corrected chi connectivity index (χ2v) is 11.6. The smallest absolute Gasteiger partial charge is 0.252 e. The largest absolute Gasteiger partial charge is 0.390 e. The zero-order valence-corrected chi connectivity index (χ0v) is 20.0. The quantitative estimate of drug-likeness (QED) is 0.616. The Hall–Kier alpha value is -1.53. The minimum absolute atomic E-state index is 0.00770. The van der Waals surface area contributed by atoms with E-state index < -0.39 is 40.0 Å². The molecule has 0 aromatic heterocycles. The van der Waals surface area contributed by atoms with Crippen molar-refractivity contribution in [2.24, 2.45) is 34.5 Å². The number of carbonyl (C=O) groups is 2. The lowest BCUT2D eigenvalue weighted by atomic mass is 9.44. The van der Waals surface area contributed by atoms with Gasteiger partial charge in [0.05, 0.1) is 6.10 Å². The van der Waals surface area contributed by atoms with Crippen LogP contribution >= 0.6 is 0 Å². The molecule has 0 aromatic carbocycles. The van der Waals surface area contributed by atoms with Crippen LogP contribution < -0.4 is 5.32 Å². The molecule has 4 aliphatic rings. The summed E-state index contributed by atoms with van der Waals surface area (Å²) < 4.78 is 17.1. The van der Waals surface area contributed by atoms with Crippen LogP contribution in [-0.2, 0) is 9.59 Å². The monoisotopic (exact) mass is 447 g/mol. The van der Waals surface area contributed by atoms with Crippen molar-refractivity contribution in [3.8, 4) is 0 Å². The summed E-state index contributed by atoms with van der Waals surface area (Å²) >= 11 is 0. The van der Waals surface area contributed by atoms with Crippen LogP contribution in [0.25, 0.3) is 0 Å². The summed E-state index contributed by atoms with van der Waals surface area (Å²) in [6.07, 6.45) is 5.64. The minimum Gasteiger partial charge on any atom is -0.390 e. The molecule has 0 saturated heterocycles. The molecule has 5 nitrogen and oxygen atoms in total. The third kappa shape index (κ3) is 2.87. The van der Waals surface area contributed by atoms with Gasteiger partial charge in [0.1, 0.15) is 0 Å². The van der Waals surface area contributed by atoms with Gasteiger partial charge in [0.25, 0.3) is 5.91 Å². The van der Waals surface area contributed by atoms with Crippen LogP contribution in [0.3, 0.4) is 0 Å². The summed E-state index contributed by atoms with van der Waals surface area (Å²) in [5.41, 5.74) is -4.86. The fraction of sp³-hybridized carbons (Fsp3) is 0.769. The molecule has 1 amide bonds. The predicted molar refractivity (Wildman–Crippen MR) is 120 cm³/mol. The van der Waals surface area contributed by atoms with Gasteiger partial charge in [0.15, 0.2) is 17.1 Å². The van der Waals surface area contributed by atoms with Crippen LogP contribution in [-0.4, -0.2) is 45.8 Å². The second-order valence-electron chi connectivity index (χ2n) is 11.6. The number of alkyl halides is 1. The molecule has 0 radical (unpaired) electrons. The average Bonchev–Trinajstić information content (AvgIpc) is 2.91. The van der Waals surface area contributed by atoms with Crippen LogP contribution in [0.4, 0.5) is 4.39 Å². The zero-order valence-electron chi connectivity index (χ0n) is 20.0. The van der Waals surface area contributed by atoms with Crippen molar-refractivity contribution in [2.45, 2.75) is 84.1 Å². The van der Waals surface area contributed by atoms with Gasteiger partial charge in [-0.3, -0.25) is 9.59 Å². The second kappa shape index (κ2) is 7.49. The van der Waals surface area contributed by atoms with E-state index in [-0.39, 0.29) is 24.0 Å². The van der Waals surface area contributed by atoms with Gasteiger partial charge in [-0.25, -0.2) is 4.39 Å². The van der Waals surface area contributed by atoms with Crippen LogP contribution in [0.15, 0.2) is 23.8 Å². The molecular weight excluding hydrogens is 409 g/mol. The van der Waals surface area contributed by atoms with Crippen molar-refractivity contribution in [3.63, 3.8) is 0 Å². The molecule has 0 spiro atoms. The molecule has 0 bridgehead atoms. The number of allylic oxidation sites excluding steroid dienone is 4. The van der Waals surface area contributed by atoms with Crippen molar-refractivity contribution < 1.29 is 24.2 Å². The summed E-state index contributed by atoms with van der Waals surface area (Å²) in [6, 6.07) is 0. The highest BCUT2D eigenvalue weighted by Gasteiger charge is 2.75. The first-order valence-corrected chi connectivity index (χ1v) is 12.1. The van der Waals surface area contributed by atoms with Gasteiger partial charge in [-0.2, -0.15) is 0 Å². The molecule has 0 aliphatic heterocycles. The summed E-state index contributed by atoms with van der Waals surface area (Å²) in [7, 11) is 0. The normalized spacial score (nSPS) is 47.5. The van der Waals surface area contributed by atoms with Crippen molar-refractivity contribution in [1.29, 1.82) is 0 Å². The van der Waals surface area contributed by atoms with E-state index in [4.69, 9.17) is 0 Å². The number of hydrogen-bond donors (Lipinski definition) is 3. The summed E-state index contributed by atoms with van der Waals surface area (Å²) in [4.78, 5) is 25.2. The van der Waals surface area contributed by atoms with E-state index in [0.717, 1.165) is 12.0 Å². The minimum atomic E-state index is -1.95. The Bertz CT molecular complexity index is 883. The Morgan fingerprint density at radius 3 is 2.66 bits per heavy atom. The topological polar surface area (TPSA) is 86.6 Å². The lowest BCUT2D eigenvalue weighted by Crippen LogP contribution is -2.70. The van der Waals surface area contributed by atoms with Crippen molar-refractivity contribution in [3.05, 3.63) is 23.8 Å². The van der Waals surface area contributed by atoms with Gasteiger partial charge >= 0.3 is 0 Å². The maximum Gasteiger partial charge on any atom is 0.252 e. The Labute approximate surface area is 190 Å². The van der Waals surface area contributed by atoms with E-state index in [9.17, 15) is 19.8 Å². The van der Waals surface area contributed by atoms with Gasteiger partial charge in [0.2, 0.25) is 0 Å². The number of nitrogens with one attached hydrogen (secondary N) is 1. The van der Waals surface area contributed by atoms with Crippen LogP contribution in [0.1, 0.15) is 66.7 Å². The maximum atomic E-state index is 17.1. The Kier molecular flexibility index (Phi) is 5.53. The molecule has 3 N–H and O–H groups in total. The molecule has 4 rings (SSSR count). The average molecular weight is 448 g/mol. The van der Waals surface area contributed by atoms with E-state index >= 15 is 4.39 Å². The Morgan fingerprint density at radius 2 is 2.00 bits per heavy atom. The molecule has 0 heterocycles. The van der Waals surface area contributed by atoms with Crippen LogP contribution in [0.2, 0.25) is 0 Å². The van der Waals surface area contributed by atoms with Gasteiger partial charge in [-0.15, -0.1) is 0 Å². The number of aliphatic hydroxyl groups is 2. The van der Waals surface area contributed by atoms with Crippen LogP contribution in [0, 0.1) is 34.5 Å². The highest BCUT2D eigenvalue weighted by atomic mass is 19.1. The molecule has 3 saturated carbocycles. The molecule has 3 fully saturated rings. The summed E-state index contributed by atoms with van der Waals surface area (Å²) in [5.74, 6) is -1.21. The van der Waals surface area contributed by atoms with Crippen molar-refractivity contribution >= 4 is 11.7 Å². The van der Waals surface area contributed by atoms with E-state index in [2.05, 4.69) is 19.2 Å². The predicted octanol–water partition coefficient (Wildman–Crippen LogP) is 3.50. The third-order valence-corrected chi connectivity index (χ3v) is 9.58. The van der Waals surface area contributed by atoms with Crippen molar-refractivity contribution in [1.82, 2.24) is 5.32 Å². The van der Waals surface area contributed by atoms with E-state index in [1.165, 1.54) is 12.2 Å². The third-order valence-electron chi connectivity index (χ3n) is 9.58. The van der Waals surface area contributed by atoms with E-state index in [1.807, 2.05) is 13.8 Å². The zero-order chi connectivity index (χ0) is 23.7. The Balaban J connectivity index is 1.70. The molecule has 4 aliphatic carbocycles. The van der Waals surface area contributed by atoms with Gasteiger partial charge in [-0.05, 0) is 68.9 Å². The number of amides is 1. The lowest BCUT2D eigenvalue weighted by molar-refractivity contribution is -0.219. The summed E-state index contributed by atoms with van der Waals surface area (Å²) in [6.45, 7) is 10.1. The van der Waals surface area contributed by atoms with Gasteiger partial charge in [0, 0.05) is 23.3 Å². The molecule has 6 heteroatoms. The number of rotatable bonds is 4. The molecule has 8 atom stereocenters. The first kappa shape index (κ1) is 23.6. The molecule has 32 heavy (non-hydrogen) atoms. The number of hydrogen-bond acceptors (Lipinski definition) is 4.